The molecule has 0 spiro atoms. The Labute approximate surface area is 118 Å². The number of hydrogen-bond donors (Lipinski definition) is 0. The van der Waals surface area contributed by atoms with E-state index in [-0.39, 0.29) is 0 Å². The molecule has 0 atom stereocenters. The lowest BCUT2D eigenvalue weighted by atomic mass is 10.2. The molecule has 0 aliphatic carbocycles. The van der Waals surface area contributed by atoms with Crippen molar-refractivity contribution in [2.75, 3.05) is 0 Å². The number of pyridine rings is 2. The molecule has 3 aromatic heterocycles. The maximum absolute atomic E-state index is 4.40. The average Bonchev–Trinajstić information content (AvgIpc) is 2.88. The minimum absolute atomic E-state index is 0.692. The molecule has 0 aromatic carbocycles. The van der Waals surface area contributed by atoms with Crippen molar-refractivity contribution in [3.63, 3.8) is 0 Å². The van der Waals surface area contributed by atoms with Gasteiger partial charge in [0.2, 0.25) is 0 Å². The number of hydrogen-bond acceptors (Lipinski definition) is 4. The zero-order valence-corrected chi connectivity index (χ0v) is 11.7. The first-order valence-electron chi connectivity index (χ1n) is 5.69. The van der Waals surface area contributed by atoms with Crippen LogP contribution < -0.4 is 0 Å². The van der Waals surface area contributed by atoms with Crippen molar-refractivity contribution >= 4 is 15.9 Å². The molecule has 19 heavy (non-hydrogen) atoms. The summed E-state index contributed by atoms with van der Waals surface area (Å²) in [6.45, 7) is 2.02. The van der Waals surface area contributed by atoms with E-state index >= 15 is 0 Å². The van der Waals surface area contributed by atoms with Crippen LogP contribution in [0.1, 0.15) is 5.56 Å². The van der Waals surface area contributed by atoms with E-state index in [2.05, 4.69) is 36.1 Å². The van der Waals surface area contributed by atoms with Gasteiger partial charge in [-0.25, -0.2) is 4.98 Å². The van der Waals surface area contributed by atoms with Gasteiger partial charge in [0.25, 0.3) is 0 Å². The number of halogens is 1. The number of aromatic nitrogens is 5. The van der Waals surface area contributed by atoms with Gasteiger partial charge in [-0.2, -0.15) is 0 Å². The summed E-state index contributed by atoms with van der Waals surface area (Å²) in [4.78, 5) is 8.55. The molecule has 0 radical (unpaired) electrons. The van der Waals surface area contributed by atoms with Gasteiger partial charge in [0.05, 0.1) is 11.9 Å². The molecule has 0 unspecified atom stereocenters. The fraction of sp³-hybridized carbons (Fsp3) is 0.0769. The Morgan fingerprint density at radius 2 is 2.11 bits per heavy atom. The van der Waals surface area contributed by atoms with Crippen molar-refractivity contribution in [3.8, 4) is 17.2 Å². The first-order chi connectivity index (χ1) is 9.25. The van der Waals surface area contributed by atoms with Gasteiger partial charge < -0.3 is 0 Å². The Kier molecular flexibility index (Phi) is 3.08. The second-order valence-electron chi connectivity index (χ2n) is 4.03. The lowest BCUT2D eigenvalue weighted by molar-refractivity contribution is 1.02. The fourth-order valence-corrected chi connectivity index (χ4v) is 2.17. The first-order valence-corrected chi connectivity index (χ1v) is 6.49. The van der Waals surface area contributed by atoms with Crippen molar-refractivity contribution in [3.05, 3.63) is 53.2 Å². The quantitative estimate of drug-likeness (QED) is 0.682. The highest BCUT2D eigenvalue weighted by atomic mass is 79.9. The molecule has 0 aliphatic heterocycles. The molecular formula is C13H10BrN5. The zero-order chi connectivity index (χ0) is 13.2. The van der Waals surface area contributed by atoms with Gasteiger partial charge in [-0.1, -0.05) is 6.07 Å². The van der Waals surface area contributed by atoms with Gasteiger partial charge >= 0.3 is 0 Å². The lowest BCUT2D eigenvalue weighted by Crippen LogP contribution is -2.00. The van der Waals surface area contributed by atoms with Gasteiger partial charge in [-0.3, -0.25) is 9.55 Å². The van der Waals surface area contributed by atoms with Crippen molar-refractivity contribution in [1.29, 1.82) is 0 Å². The third-order valence-corrected chi connectivity index (χ3v) is 3.20. The molecule has 3 heterocycles. The van der Waals surface area contributed by atoms with Crippen LogP contribution in [-0.2, 0) is 0 Å². The van der Waals surface area contributed by atoms with E-state index in [0.717, 1.165) is 21.5 Å². The average molecular weight is 316 g/mol. The molecule has 0 saturated heterocycles. The highest BCUT2D eigenvalue weighted by Gasteiger charge is 2.12. The second-order valence-corrected chi connectivity index (χ2v) is 4.84. The Hall–Kier alpha value is -2.08. The van der Waals surface area contributed by atoms with Crippen molar-refractivity contribution in [2.45, 2.75) is 6.92 Å². The minimum atomic E-state index is 0.692. The Bertz CT molecular complexity index is 722. The molecule has 0 fully saturated rings. The van der Waals surface area contributed by atoms with Gasteiger partial charge in [0.15, 0.2) is 5.82 Å². The molecule has 0 aliphatic rings. The van der Waals surface area contributed by atoms with E-state index in [9.17, 15) is 0 Å². The third kappa shape index (κ3) is 2.26. The number of aryl methyl sites for hydroxylation is 1. The number of rotatable bonds is 2. The van der Waals surface area contributed by atoms with Gasteiger partial charge in [0, 0.05) is 6.20 Å². The van der Waals surface area contributed by atoms with Crippen LogP contribution in [0.2, 0.25) is 0 Å². The Morgan fingerprint density at radius 3 is 2.89 bits per heavy atom. The van der Waals surface area contributed by atoms with Gasteiger partial charge in [0.1, 0.15) is 16.6 Å². The molecule has 5 nitrogen and oxygen atoms in total. The summed E-state index contributed by atoms with van der Waals surface area (Å²) in [5, 5.41) is 8.12. The van der Waals surface area contributed by atoms with Crippen LogP contribution in [-0.4, -0.2) is 24.7 Å². The monoisotopic (exact) mass is 315 g/mol. The summed E-state index contributed by atoms with van der Waals surface area (Å²) in [6, 6.07) is 7.64. The summed E-state index contributed by atoms with van der Waals surface area (Å²) in [5.74, 6) is 0.692. The normalized spacial score (nSPS) is 10.6. The van der Waals surface area contributed by atoms with Gasteiger partial charge in [-0.15, -0.1) is 10.2 Å². The Morgan fingerprint density at radius 1 is 1.21 bits per heavy atom. The van der Waals surface area contributed by atoms with Crippen molar-refractivity contribution < 1.29 is 0 Å². The van der Waals surface area contributed by atoms with Crippen LogP contribution in [0.5, 0.6) is 0 Å². The van der Waals surface area contributed by atoms with Crippen LogP contribution in [0.15, 0.2) is 47.6 Å². The first kappa shape index (κ1) is 12.0. The van der Waals surface area contributed by atoms with Crippen LogP contribution in [0, 0.1) is 6.92 Å². The van der Waals surface area contributed by atoms with E-state index in [1.807, 2.05) is 35.8 Å². The SMILES string of the molecule is Cc1ccncc1-n1cnnc1-c1cccc(Br)n1. The standard InChI is InChI=1S/C13H10BrN5/c1-9-5-6-15-7-11(9)19-8-16-18-13(19)10-3-2-4-12(14)17-10/h2-8H,1H3. The molecule has 0 saturated carbocycles. The summed E-state index contributed by atoms with van der Waals surface area (Å²) in [6.07, 6.45) is 5.22. The van der Waals surface area contributed by atoms with E-state index in [4.69, 9.17) is 0 Å². The molecule has 94 valence electrons. The topological polar surface area (TPSA) is 56.5 Å². The summed E-state index contributed by atoms with van der Waals surface area (Å²) in [7, 11) is 0. The molecule has 3 aromatic rings. The van der Waals surface area contributed by atoms with Crippen LogP contribution in [0.4, 0.5) is 0 Å². The van der Waals surface area contributed by atoms with Gasteiger partial charge in [-0.05, 0) is 46.6 Å². The van der Waals surface area contributed by atoms with Crippen LogP contribution in [0.25, 0.3) is 17.2 Å². The van der Waals surface area contributed by atoms with E-state index in [0.29, 0.717) is 5.82 Å². The molecule has 0 bridgehead atoms. The minimum Gasteiger partial charge on any atom is -0.278 e. The maximum Gasteiger partial charge on any atom is 0.187 e. The Balaban J connectivity index is 2.16. The highest BCUT2D eigenvalue weighted by molar-refractivity contribution is 9.10. The maximum atomic E-state index is 4.40. The summed E-state index contributed by atoms with van der Waals surface area (Å²) >= 11 is 3.36. The molecule has 0 N–H and O–H groups in total. The predicted molar refractivity (Wildman–Crippen MR) is 74.8 cm³/mol. The summed E-state index contributed by atoms with van der Waals surface area (Å²) < 4.78 is 2.65. The fourth-order valence-electron chi connectivity index (χ4n) is 1.83. The number of nitrogens with zero attached hydrogens (tertiary/aromatic N) is 5. The lowest BCUT2D eigenvalue weighted by Gasteiger charge is -2.08. The highest BCUT2D eigenvalue weighted by Crippen LogP contribution is 2.21. The molecule has 3 rings (SSSR count). The van der Waals surface area contributed by atoms with E-state index in [1.54, 1.807) is 18.7 Å². The van der Waals surface area contributed by atoms with E-state index in [1.165, 1.54) is 0 Å². The van der Waals surface area contributed by atoms with Crippen molar-refractivity contribution in [1.82, 2.24) is 24.7 Å². The molecule has 6 heteroatoms. The second kappa shape index (κ2) is 4.89. The smallest absolute Gasteiger partial charge is 0.187 e. The largest absolute Gasteiger partial charge is 0.278 e. The molecule has 0 amide bonds. The summed E-state index contributed by atoms with van der Waals surface area (Å²) in [5.41, 5.74) is 2.81. The predicted octanol–water partition coefficient (Wildman–Crippen LogP) is 2.80. The van der Waals surface area contributed by atoms with E-state index < -0.39 is 0 Å². The molecular weight excluding hydrogens is 306 g/mol. The van der Waals surface area contributed by atoms with Crippen LogP contribution in [0.3, 0.4) is 0 Å². The zero-order valence-electron chi connectivity index (χ0n) is 10.2. The third-order valence-electron chi connectivity index (χ3n) is 2.76. The van der Waals surface area contributed by atoms with Crippen LogP contribution >= 0.6 is 15.9 Å². The van der Waals surface area contributed by atoms with Crippen molar-refractivity contribution in [2.24, 2.45) is 0 Å².